The fraction of sp³-hybridized carbons (Fsp3) is 0.692. The molecule has 0 aliphatic carbocycles. The molecule has 3 heteroatoms. The van der Waals surface area contributed by atoms with Crippen LogP contribution in [0, 0.1) is 13.8 Å². The summed E-state index contributed by atoms with van der Waals surface area (Å²) in [6.07, 6.45) is 2.32. The average Bonchev–Trinajstić information content (AvgIpc) is 2.71. The van der Waals surface area contributed by atoms with Crippen LogP contribution in [0.3, 0.4) is 0 Å². The van der Waals surface area contributed by atoms with Crippen LogP contribution in [-0.2, 0) is 0 Å². The van der Waals surface area contributed by atoms with E-state index >= 15 is 0 Å². The normalized spacial score (nSPS) is 26.5. The van der Waals surface area contributed by atoms with Crippen LogP contribution >= 0.6 is 0 Å². The van der Waals surface area contributed by atoms with Gasteiger partial charge in [0.25, 0.3) is 0 Å². The van der Waals surface area contributed by atoms with E-state index in [9.17, 15) is 0 Å². The smallest absolute Gasteiger partial charge is 0.0517 e. The summed E-state index contributed by atoms with van der Waals surface area (Å²) in [5.41, 5.74) is 10.2. The number of nitrogens with zero attached hydrogens (tertiary/aromatic N) is 1. The fourth-order valence-corrected chi connectivity index (χ4v) is 2.90. The zero-order valence-electron chi connectivity index (χ0n) is 10.6. The van der Waals surface area contributed by atoms with Crippen molar-refractivity contribution >= 4 is 0 Å². The lowest BCUT2D eigenvalue weighted by Gasteiger charge is -2.26. The highest BCUT2D eigenvalue weighted by Gasteiger charge is 2.33. The SMILES string of the molecule is CCCN1CCC(N)C1c1cc(C)[nH]c1C. The molecule has 0 aromatic carbocycles. The molecule has 1 aromatic heterocycles. The molecular weight excluding hydrogens is 198 g/mol. The lowest BCUT2D eigenvalue weighted by molar-refractivity contribution is 0.248. The molecule has 90 valence electrons. The Balaban J connectivity index is 2.26. The van der Waals surface area contributed by atoms with Gasteiger partial charge in [-0.05, 0) is 44.9 Å². The Morgan fingerprint density at radius 1 is 1.50 bits per heavy atom. The van der Waals surface area contributed by atoms with E-state index in [1.165, 1.54) is 23.4 Å². The third-order valence-corrected chi connectivity index (χ3v) is 3.57. The molecule has 1 fully saturated rings. The molecule has 0 spiro atoms. The Morgan fingerprint density at radius 2 is 2.25 bits per heavy atom. The number of nitrogens with one attached hydrogen (secondary N) is 1. The van der Waals surface area contributed by atoms with Crippen LogP contribution in [0.1, 0.15) is 42.8 Å². The minimum absolute atomic E-state index is 0.292. The Morgan fingerprint density at radius 3 is 2.81 bits per heavy atom. The molecular formula is C13H23N3. The molecule has 1 aliphatic heterocycles. The number of aromatic nitrogens is 1. The number of hydrogen-bond acceptors (Lipinski definition) is 2. The van der Waals surface area contributed by atoms with E-state index in [2.05, 4.69) is 36.7 Å². The summed E-state index contributed by atoms with van der Waals surface area (Å²) >= 11 is 0. The highest BCUT2D eigenvalue weighted by molar-refractivity contribution is 5.30. The average molecular weight is 221 g/mol. The Bertz CT molecular complexity index is 354. The van der Waals surface area contributed by atoms with Crippen molar-refractivity contribution in [1.29, 1.82) is 0 Å². The topological polar surface area (TPSA) is 45.0 Å². The first-order valence-electron chi connectivity index (χ1n) is 6.29. The quantitative estimate of drug-likeness (QED) is 0.821. The predicted octanol–water partition coefficient (Wildman–Crippen LogP) is 2.12. The van der Waals surface area contributed by atoms with Gasteiger partial charge in [-0.25, -0.2) is 0 Å². The molecule has 2 atom stereocenters. The van der Waals surface area contributed by atoms with Crippen molar-refractivity contribution in [3.05, 3.63) is 23.0 Å². The monoisotopic (exact) mass is 221 g/mol. The molecule has 16 heavy (non-hydrogen) atoms. The fourth-order valence-electron chi connectivity index (χ4n) is 2.90. The summed E-state index contributed by atoms with van der Waals surface area (Å²) in [6.45, 7) is 8.79. The number of aryl methyl sites for hydroxylation is 2. The van der Waals surface area contributed by atoms with Crippen LogP contribution in [0.2, 0.25) is 0 Å². The molecule has 1 aliphatic rings. The number of H-pyrrole nitrogens is 1. The number of nitrogens with two attached hydrogens (primary N) is 1. The molecule has 0 bridgehead atoms. The van der Waals surface area contributed by atoms with Gasteiger partial charge < -0.3 is 10.7 Å². The van der Waals surface area contributed by atoms with Gasteiger partial charge in [0.15, 0.2) is 0 Å². The van der Waals surface area contributed by atoms with Crippen molar-refractivity contribution in [2.45, 2.75) is 45.7 Å². The first kappa shape index (κ1) is 11.7. The molecule has 1 aromatic rings. The summed E-state index contributed by atoms with van der Waals surface area (Å²) in [5, 5.41) is 0. The molecule has 3 nitrogen and oxygen atoms in total. The van der Waals surface area contributed by atoms with Crippen LogP contribution in [0.25, 0.3) is 0 Å². The lowest BCUT2D eigenvalue weighted by Crippen LogP contribution is -2.32. The third kappa shape index (κ3) is 2.02. The van der Waals surface area contributed by atoms with Gasteiger partial charge in [-0.2, -0.15) is 0 Å². The van der Waals surface area contributed by atoms with Gasteiger partial charge in [-0.1, -0.05) is 6.92 Å². The Hall–Kier alpha value is -0.800. The number of hydrogen-bond donors (Lipinski definition) is 2. The first-order valence-corrected chi connectivity index (χ1v) is 6.29. The molecule has 0 amide bonds. The van der Waals surface area contributed by atoms with E-state index in [1.807, 2.05) is 0 Å². The predicted molar refractivity (Wildman–Crippen MR) is 67.5 cm³/mol. The zero-order valence-corrected chi connectivity index (χ0v) is 10.6. The zero-order chi connectivity index (χ0) is 11.7. The van der Waals surface area contributed by atoms with Crippen molar-refractivity contribution in [2.75, 3.05) is 13.1 Å². The maximum Gasteiger partial charge on any atom is 0.0517 e. The van der Waals surface area contributed by atoms with E-state index < -0.39 is 0 Å². The molecule has 3 N–H and O–H groups in total. The molecule has 0 saturated carbocycles. The number of likely N-dealkylation sites (tertiary alicyclic amines) is 1. The van der Waals surface area contributed by atoms with Gasteiger partial charge in [-0.15, -0.1) is 0 Å². The van der Waals surface area contributed by atoms with E-state index in [0.717, 1.165) is 19.5 Å². The first-order chi connectivity index (χ1) is 7.63. The van der Waals surface area contributed by atoms with Gasteiger partial charge in [0.2, 0.25) is 0 Å². The van der Waals surface area contributed by atoms with Crippen LogP contribution in [0.4, 0.5) is 0 Å². The van der Waals surface area contributed by atoms with Crippen molar-refractivity contribution in [3.63, 3.8) is 0 Å². The highest BCUT2D eigenvalue weighted by atomic mass is 15.2. The Labute approximate surface area is 98.0 Å². The van der Waals surface area contributed by atoms with E-state index in [-0.39, 0.29) is 0 Å². The van der Waals surface area contributed by atoms with E-state index in [0.29, 0.717) is 12.1 Å². The Kier molecular flexibility index (Phi) is 3.36. The maximum absolute atomic E-state index is 6.25. The van der Waals surface area contributed by atoms with Gasteiger partial charge in [-0.3, -0.25) is 4.90 Å². The minimum Gasteiger partial charge on any atom is -0.362 e. The van der Waals surface area contributed by atoms with Gasteiger partial charge in [0.05, 0.1) is 6.04 Å². The van der Waals surface area contributed by atoms with Gasteiger partial charge >= 0.3 is 0 Å². The second-order valence-corrected chi connectivity index (χ2v) is 4.97. The molecule has 2 heterocycles. The minimum atomic E-state index is 0.292. The van der Waals surface area contributed by atoms with Crippen LogP contribution in [0.15, 0.2) is 6.07 Å². The van der Waals surface area contributed by atoms with Crippen molar-refractivity contribution in [2.24, 2.45) is 5.73 Å². The van der Waals surface area contributed by atoms with Gasteiger partial charge in [0.1, 0.15) is 0 Å². The van der Waals surface area contributed by atoms with Gasteiger partial charge in [0, 0.05) is 24.0 Å². The summed E-state index contributed by atoms with van der Waals surface area (Å²) < 4.78 is 0. The van der Waals surface area contributed by atoms with Crippen LogP contribution in [-0.4, -0.2) is 29.0 Å². The van der Waals surface area contributed by atoms with Crippen LogP contribution in [0.5, 0.6) is 0 Å². The summed E-state index contributed by atoms with van der Waals surface area (Å²) in [5.74, 6) is 0. The second kappa shape index (κ2) is 4.60. The summed E-state index contributed by atoms with van der Waals surface area (Å²) in [6, 6.07) is 2.97. The maximum atomic E-state index is 6.25. The highest BCUT2D eigenvalue weighted by Crippen LogP contribution is 2.33. The molecule has 2 rings (SSSR count). The number of aromatic amines is 1. The standard InChI is InChI=1S/C13H23N3/c1-4-6-16-7-5-12(14)13(16)11-8-9(2)15-10(11)3/h8,12-13,15H,4-7,14H2,1-3H3. The van der Waals surface area contributed by atoms with Crippen LogP contribution < -0.4 is 5.73 Å². The molecule has 0 radical (unpaired) electrons. The lowest BCUT2D eigenvalue weighted by atomic mass is 10.0. The van der Waals surface area contributed by atoms with E-state index in [1.54, 1.807) is 0 Å². The van der Waals surface area contributed by atoms with E-state index in [4.69, 9.17) is 5.73 Å². The summed E-state index contributed by atoms with van der Waals surface area (Å²) in [4.78, 5) is 5.91. The van der Waals surface area contributed by atoms with Crippen molar-refractivity contribution in [1.82, 2.24) is 9.88 Å². The van der Waals surface area contributed by atoms with Crippen molar-refractivity contribution < 1.29 is 0 Å². The molecule has 2 unspecified atom stereocenters. The largest absolute Gasteiger partial charge is 0.362 e. The third-order valence-electron chi connectivity index (χ3n) is 3.57. The van der Waals surface area contributed by atoms with Crippen molar-refractivity contribution in [3.8, 4) is 0 Å². The second-order valence-electron chi connectivity index (χ2n) is 4.97. The molecule has 1 saturated heterocycles. The summed E-state index contributed by atoms with van der Waals surface area (Å²) in [7, 11) is 0. The number of rotatable bonds is 3.